The Morgan fingerprint density at radius 2 is 1.87 bits per heavy atom. The number of hydrogen-bond acceptors (Lipinski definition) is 1. The van der Waals surface area contributed by atoms with E-state index >= 15 is 0 Å². The smallest absolute Gasteiger partial charge is 0.0444 e. The zero-order valence-electron chi connectivity index (χ0n) is 8.23. The van der Waals surface area contributed by atoms with Gasteiger partial charge < -0.3 is 0 Å². The molecule has 0 saturated carbocycles. The van der Waals surface area contributed by atoms with E-state index in [0.717, 1.165) is 17.1 Å². The second kappa shape index (κ2) is 4.94. The third-order valence-corrected chi connectivity index (χ3v) is 2.40. The molecule has 0 N–H and O–H groups in total. The molecule has 1 aromatic heterocycles. The molecule has 0 aliphatic heterocycles. The van der Waals surface area contributed by atoms with Crippen molar-refractivity contribution in [3.05, 3.63) is 71.4 Å². The van der Waals surface area contributed by atoms with Crippen LogP contribution in [-0.2, 0) is 6.42 Å². The number of nitrogens with zero attached hydrogens (tertiary/aromatic N) is 1. The molecule has 2 heteroatoms. The fraction of sp³-hybridized carbons (Fsp3) is 0.0769. The van der Waals surface area contributed by atoms with Crippen LogP contribution >= 0.6 is 11.6 Å². The van der Waals surface area contributed by atoms with E-state index in [-0.39, 0.29) is 0 Å². The molecule has 0 fully saturated rings. The lowest BCUT2D eigenvalue weighted by molar-refractivity contribution is 1.10. The Morgan fingerprint density at radius 3 is 2.53 bits per heavy atom. The molecular formula is C13H11ClN. The van der Waals surface area contributed by atoms with Gasteiger partial charge in [-0.15, -0.1) is 0 Å². The summed E-state index contributed by atoms with van der Waals surface area (Å²) < 4.78 is 0. The van der Waals surface area contributed by atoms with Crippen LogP contribution in [0.1, 0.15) is 11.3 Å². The van der Waals surface area contributed by atoms with Crippen LogP contribution < -0.4 is 0 Å². The van der Waals surface area contributed by atoms with Crippen LogP contribution in [0.25, 0.3) is 0 Å². The van der Waals surface area contributed by atoms with Crippen LogP contribution in [0.4, 0.5) is 0 Å². The molecule has 75 valence electrons. The maximum atomic E-state index is 5.81. The number of halogens is 1. The number of aromatic nitrogens is 1. The Hall–Kier alpha value is -1.34. The zero-order valence-corrected chi connectivity index (χ0v) is 8.98. The van der Waals surface area contributed by atoms with Gasteiger partial charge >= 0.3 is 0 Å². The molecule has 0 saturated heterocycles. The van der Waals surface area contributed by atoms with Crippen LogP contribution in [0.3, 0.4) is 0 Å². The van der Waals surface area contributed by atoms with E-state index in [1.165, 1.54) is 5.56 Å². The van der Waals surface area contributed by atoms with Crippen molar-refractivity contribution in [1.82, 2.24) is 4.98 Å². The van der Waals surface area contributed by atoms with E-state index in [0.29, 0.717) is 0 Å². The molecule has 2 aromatic rings. The summed E-state index contributed by atoms with van der Waals surface area (Å²) in [5.74, 6) is 0. The molecule has 1 nitrogen and oxygen atoms in total. The van der Waals surface area contributed by atoms with E-state index < -0.39 is 0 Å². The van der Waals surface area contributed by atoms with Crippen molar-refractivity contribution in [3.8, 4) is 0 Å². The highest BCUT2D eigenvalue weighted by atomic mass is 35.5. The molecule has 1 aromatic carbocycles. The van der Waals surface area contributed by atoms with Gasteiger partial charge in [0, 0.05) is 23.3 Å². The lowest BCUT2D eigenvalue weighted by atomic mass is 10.1. The van der Waals surface area contributed by atoms with Gasteiger partial charge in [-0.3, -0.25) is 4.98 Å². The van der Waals surface area contributed by atoms with Crippen LogP contribution in [0, 0.1) is 6.42 Å². The van der Waals surface area contributed by atoms with E-state index in [1.54, 1.807) is 6.20 Å². The first-order valence-corrected chi connectivity index (χ1v) is 5.21. The van der Waals surface area contributed by atoms with Crippen LogP contribution in [0.15, 0.2) is 48.7 Å². The van der Waals surface area contributed by atoms with E-state index in [2.05, 4.69) is 11.4 Å². The molecule has 1 radical (unpaired) electrons. The highest BCUT2D eigenvalue weighted by Gasteiger charge is 1.96. The van der Waals surface area contributed by atoms with Gasteiger partial charge in [-0.2, -0.15) is 0 Å². The summed E-state index contributed by atoms with van der Waals surface area (Å²) >= 11 is 5.81. The van der Waals surface area contributed by atoms with Crippen molar-refractivity contribution in [1.29, 1.82) is 0 Å². The standard InChI is InChI=1S/C13H11ClN/c14-12-7-4-11(5-8-12)6-9-13-3-1-2-10-15-13/h1-5,7-10H,6H2. The fourth-order valence-electron chi connectivity index (χ4n) is 1.34. The van der Waals surface area contributed by atoms with Gasteiger partial charge in [-0.25, -0.2) is 0 Å². The van der Waals surface area contributed by atoms with Crippen molar-refractivity contribution < 1.29 is 0 Å². The minimum Gasteiger partial charge on any atom is -0.261 e. The number of hydrogen-bond donors (Lipinski definition) is 0. The summed E-state index contributed by atoms with van der Waals surface area (Å²) in [7, 11) is 0. The summed E-state index contributed by atoms with van der Waals surface area (Å²) in [5.41, 5.74) is 2.25. The van der Waals surface area contributed by atoms with Crippen molar-refractivity contribution in [2.24, 2.45) is 0 Å². The Labute approximate surface area is 94.7 Å². The summed E-state index contributed by atoms with van der Waals surface area (Å²) in [5, 5.41) is 0.775. The highest BCUT2D eigenvalue weighted by Crippen LogP contribution is 2.12. The van der Waals surface area contributed by atoms with Crippen molar-refractivity contribution in [2.45, 2.75) is 6.42 Å². The van der Waals surface area contributed by atoms with Gasteiger partial charge in [0.15, 0.2) is 0 Å². The molecular weight excluding hydrogens is 206 g/mol. The van der Waals surface area contributed by atoms with Gasteiger partial charge in [0.05, 0.1) is 0 Å². The summed E-state index contributed by atoms with van der Waals surface area (Å²) in [6.45, 7) is 0. The minimum absolute atomic E-state index is 0.775. The molecule has 1 heterocycles. The Bertz CT molecular complexity index is 408. The zero-order chi connectivity index (χ0) is 10.5. The average Bonchev–Trinajstić information content (AvgIpc) is 2.30. The summed E-state index contributed by atoms with van der Waals surface area (Å²) in [4.78, 5) is 4.23. The Balaban J connectivity index is 1.96. The van der Waals surface area contributed by atoms with Gasteiger partial charge in [0.1, 0.15) is 0 Å². The molecule has 2 rings (SSSR count). The lowest BCUT2D eigenvalue weighted by Crippen LogP contribution is -1.90. The van der Waals surface area contributed by atoms with Gasteiger partial charge in [-0.1, -0.05) is 29.8 Å². The van der Waals surface area contributed by atoms with Crippen LogP contribution in [-0.4, -0.2) is 4.98 Å². The Kier molecular flexibility index (Phi) is 3.36. The Morgan fingerprint density at radius 1 is 1.07 bits per heavy atom. The summed E-state index contributed by atoms with van der Waals surface area (Å²) in [6, 6.07) is 13.8. The third kappa shape index (κ3) is 3.07. The molecule has 0 unspecified atom stereocenters. The van der Waals surface area contributed by atoms with E-state index in [1.807, 2.05) is 42.5 Å². The normalized spacial score (nSPS) is 10.2. The van der Waals surface area contributed by atoms with Crippen molar-refractivity contribution in [3.63, 3.8) is 0 Å². The summed E-state index contributed by atoms with van der Waals surface area (Å²) in [6.07, 6.45) is 4.78. The maximum absolute atomic E-state index is 5.81. The number of pyridine rings is 1. The largest absolute Gasteiger partial charge is 0.261 e. The van der Waals surface area contributed by atoms with Gasteiger partial charge in [-0.05, 0) is 36.2 Å². The number of rotatable bonds is 3. The fourth-order valence-corrected chi connectivity index (χ4v) is 1.47. The maximum Gasteiger partial charge on any atom is 0.0444 e. The van der Waals surface area contributed by atoms with E-state index in [4.69, 9.17) is 11.6 Å². The molecule has 0 bridgehead atoms. The SMILES string of the molecule is Clc1ccc(C[CH]c2ccccn2)cc1. The first kappa shape index (κ1) is 10.2. The van der Waals surface area contributed by atoms with Crippen LogP contribution in [0.2, 0.25) is 5.02 Å². The first-order chi connectivity index (χ1) is 7.34. The van der Waals surface area contributed by atoms with Gasteiger partial charge in [0.2, 0.25) is 0 Å². The quantitative estimate of drug-likeness (QED) is 0.765. The molecule has 0 aliphatic rings. The number of benzene rings is 1. The molecule has 0 aliphatic carbocycles. The molecule has 0 spiro atoms. The third-order valence-electron chi connectivity index (χ3n) is 2.15. The van der Waals surface area contributed by atoms with E-state index in [9.17, 15) is 0 Å². The topological polar surface area (TPSA) is 12.9 Å². The second-order valence-corrected chi connectivity index (χ2v) is 3.73. The highest BCUT2D eigenvalue weighted by molar-refractivity contribution is 6.30. The van der Waals surface area contributed by atoms with Gasteiger partial charge in [0.25, 0.3) is 0 Å². The molecule has 15 heavy (non-hydrogen) atoms. The second-order valence-electron chi connectivity index (χ2n) is 3.29. The molecule has 0 amide bonds. The van der Waals surface area contributed by atoms with Crippen molar-refractivity contribution in [2.75, 3.05) is 0 Å². The predicted molar refractivity (Wildman–Crippen MR) is 62.8 cm³/mol. The molecule has 0 atom stereocenters. The first-order valence-electron chi connectivity index (χ1n) is 4.83. The van der Waals surface area contributed by atoms with Crippen molar-refractivity contribution >= 4 is 11.6 Å². The lowest BCUT2D eigenvalue weighted by Gasteiger charge is -2.00. The average molecular weight is 217 g/mol. The van der Waals surface area contributed by atoms with Crippen LogP contribution in [0.5, 0.6) is 0 Å². The predicted octanol–water partition coefficient (Wildman–Crippen LogP) is 3.53. The monoisotopic (exact) mass is 216 g/mol. The minimum atomic E-state index is 0.775.